The molecule has 3 aromatic carbocycles. The highest BCUT2D eigenvalue weighted by molar-refractivity contribution is 9.10. The van der Waals surface area contributed by atoms with Crippen LogP contribution < -0.4 is 15.0 Å². The van der Waals surface area contributed by atoms with Crippen molar-refractivity contribution in [3.8, 4) is 11.5 Å². The number of hydrogen-bond donors (Lipinski definition) is 0. The predicted octanol–water partition coefficient (Wildman–Crippen LogP) is 7.49. The van der Waals surface area contributed by atoms with Gasteiger partial charge in [-0.15, -0.1) is 0 Å². The first-order chi connectivity index (χ1) is 17.8. The zero-order valence-corrected chi connectivity index (χ0v) is 23.6. The van der Waals surface area contributed by atoms with Gasteiger partial charge in [-0.25, -0.2) is 4.98 Å². The molecule has 192 valence electrons. The van der Waals surface area contributed by atoms with Crippen LogP contribution in [0.15, 0.2) is 69.0 Å². The molecule has 0 amide bonds. The molecule has 1 atom stereocenters. The Morgan fingerprint density at radius 2 is 1.95 bits per heavy atom. The van der Waals surface area contributed by atoms with Crippen molar-refractivity contribution in [3.05, 3.63) is 97.0 Å². The van der Waals surface area contributed by atoms with Gasteiger partial charge in [0.25, 0.3) is 5.56 Å². The number of hydrogen-bond acceptors (Lipinski definition) is 5. The maximum absolute atomic E-state index is 13.4. The zero-order valence-electron chi connectivity index (χ0n) is 21.3. The fourth-order valence-electron chi connectivity index (χ4n) is 3.93. The minimum absolute atomic E-state index is 0.0397. The molecule has 0 saturated heterocycles. The van der Waals surface area contributed by atoms with Crippen molar-refractivity contribution in [1.82, 2.24) is 9.66 Å². The van der Waals surface area contributed by atoms with Gasteiger partial charge < -0.3 is 9.47 Å². The lowest BCUT2D eigenvalue weighted by Crippen LogP contribution is -2.23. The highest BCUT2D eigenvalue weighted by Gasteiger charge is 2.17. The first-order valence-electron chi connectivity index (χ1n) is 12.2. The van der Waals surface area contributed by atoms with E-state index in [1.54, 1.807) is 18.3 Å². The molecule has 1 heterocycles. The van der Waals surface area contributed by atoms with Crippen molar-refractivity contribution < 1.29 is 9.47 Å². The van der Waals surface area contributed by atoms with E-state index in [4.69, 9.17) is 26.1 Å². The molecule has 0 bridgehead atoms. The van der Waals surface area contributed by atoms with Crippen LogP contribution in [0, 0.1) is 6.92 Å². The molecule has 8 heteroatoms. The maximum Gasteiger partial charge on any atom is 0.282 e. The van der Waals surface area contributed by atoms with Crippen molar-refractivity contribution >= 4 is 44.6 Å². The third-order valence-corrected chi connectivity index (χ3v) is 6.78. The van der Waals surface area contributed by atoms with E-state index in [0.29, 0.717) is 52.0 Å². The van der Waals surface area contributed by atoms with Gasteiger partial charge in [0.05, 0.1) is 28.7 Å². The first-order valence-corrected chi connectivity index (χ1v) is 13.4. The van der Waals surface area contributed by atoms with Gasteiger partial charge >= 0.3 is 0 Å². The number of aromatic nitrogens is 2. The van der Waals surface area contributed by atoms with Crippen LogP contribution in [0.2, 0.25) is 5.02 Å². The third-order valence-electron chi connectivity index (χ3n) is 6.01. The number of nitrogens with zero attached hydrogens (tertiary/aromatic N) is 3. The van der Waals surface area contributed by atoms with Gasteiger partial charge in [-0.1, -0.05) is 71.2 Å². The summed E-state index contributed by atoms with van der Waals surface area (Å²) in [5.41, 5.74) is 3.29. The van der Waals surface area contributed by atoms with E-state index < -0.39 is 0 Å². The number of ether oxygens (including phenoxy) is 2. The Kier molecular flexibility index (Phi) is 8.67. The number of rotatable bonds is 9. The molecule has 0 N–H and O–H groups in total. The average molecular weight is 583 g/mol. The molecule has 0 aliphatic heterocycles. The van der Waals surface area contributed by atoms with Gasteiger partial charge in [0, 0.05) is 10.4 Å². The molecule has 6 nitrogen and oxygen atoms in total. The van der Waals surface area contributed by atoms with Crippen LogP contribution in [0.1, 0.15) is 55.6 Å². The highest BCUT2D eigenvalue weighted by atomic mass is 79.9. The standard InChI is InChI=1S/C29H29BrClN3O3/c1-5-19(4)28-33-25-11-10-22(30)15-23(25)29(35)34(28)32-16-21-13-24(31)27(26(14-21)36-6-2)37-17-20-9-7-8-18(3)12-20/h7-16,19H,5-6,17H2,1-4H3/t19-/m0/s1. The van der Waals surface area contributed by atoms with Gasteiger partial charge in [0.1, 0.15) is 12.4 Å². The smallest absolute Gasteiger partial charge is 0.282 e. The van der Waals surface area contributed by atoms with Crippen LogP contribution in [0.4, 0.5) is 0 Å². The summed E-state index contributed by atoms with van der Waals surface area (Å²) in [5, 5.41) is 5.44. The Balaban J connectivity index is 1.71. The lowest BCUT2D eigenvalue weighted by atomic mass is 10.1. The Labute approximate surface area is 230 Å². The summed E-state index contributed by atoms with van der Waals surface area (Å²) < 4.78 is 14.1. The van der Waals surface area contributed by atoms with E-state index in [2.05, 4.69) is 34.0 Å². The second-order valence-corrected chi connectivity index (χ2v) is 10.2. The summed E-state index contributed by atoms with van der Waals surface area (Å²) in [6.07, 6.45) is 2.41. The van der Waals surface area contributed by atoms with Crippen LogP contribution >= 0.6 is 27.5 Å². The van der Waals surface area contributed by atoms with Gasteiger partial charge in [0.15, 0.2) is 11.5 Å². The molecule has 1 aromatic heterocycles. The summed E-state index contributed by atoms with van der Waals surface area (Å²) in [6, 6.07) is 17.1. The lowest BCUT2D eigenvalue weighted by molar-refractivity contribution is 0.269. The SMILES string of the molecule is CCOc1cc(C=Nn2c([C@@H](C)CC)nc3ccc(Br)cc3c2=O)cc(Cl)c1OCc1cccc(C)c1. The topological polar surface area (TPSA) is 65.7 Å². The summed E-state index contributed by atoms with van der Waals surface area (Å²) in [7, 11) is 0. The van der Waals surface area contributed by atoms with Crippen LogP contribution in [-0.2, 0) is 6.61 Å². The maximum atomic E-state index is 13.4. The van der Waals surface area contributed by atoms with E-state index in [1.165, 1.54) is 4.68 Å². The van der Waals surface area contributed by atoms with Crippen molar-refractivity contribution in [2.45, 2.75) is 46.6 Å². The lowest BCUT2D eigenvalue weighted by Gasteiger charge is -2.15. The second kappa shape index (κ2) is 11.9. The summed E-state index contributed by atoms with van der Waals surface area (Å²) >= 11 is 10.1. The molecule has 0 aliphatic carbocycles. The third kappa shape index (κ3) is 6.22. The normalized spacial score (nSPS) is 12.3. The Morgan fingerprint density at radius 3 is 2.68 bits per heavy atom. The van der Waals surface area contributed by atoms with Crippen molar-refractivity contribution in [2.24, 2.45) is 5.10 Å². The van der Waals surface area contributed by atoms with Crippen LogP contribution in [0.25, 0.3) is 10.9 Å². The Morgan fingerprint density at radius 1 is 1.14 bits per heavy atom. The fourth-order valence-corrected chi connectivity index (χ4v) is 4.56. The van der Waals surface area contributed by atoms with E-state index >= 15 is 0 Å². The number of benzene rings is 3. The van der Waals surface area contributed by atoms with Crippen LogP contribution in [-0.4, -0.2) is 22.5 Å². The zero-order chi connectivity index (χ0) is 26.5. The number of fused-ring (bicyclic) bond motifs is 1. The number of halogens is 2. The molecular weight excluding hydrogens is 554 g/mol. The molecule has 0 radical (unpaired) electrons. The molecule has 37 heavy (non-hydrogen) atoms. The second-order valence-electron chi connectivity index (χ2n) is 8.84. The highest BCUT2D eigenvalue weighted by Crippen LogP contribution is 2.37. The van der Waals surface area contributed by atoms with Gasteiger partial charge in [-0.05, 0) is 61.7 Å². The summed E-state index contributed by atoms with van der Waals surface area (Å²) in [4.78, 5) is 18.2. The predicted molar refractivity (Wildman–Crippen MR) is 154 cm³/mol. The van der Waals surface area contributed by atoms with E-state index in [0.717, 1.165) is 22.0 Å². The Hall–Kier alpha value is -3.16. The minimum Gasteiger partial charge on any atom is -0.490 e. The van der Waals surface area contributed by atoms with E-state index in [9.17, 15) is 4.79 Å². The van der Waals surface area contributed by atoms with Gasteiger partial charge in [0.2, 0.25) is 0 Å². The minimum atomic E-state index is -0.230. The quantitative estimate of drug-likeness (QED) is 0.192. The van der Waals surface area contributed by atoms with E-state index in [-0.39, 0.29) is 11.5 Å². The molecule has 0 unspecified atom stereocenters. The van der Waals surface area contributed by atoms with Crippen molar-refractivity contribution in [2.75, 3.05) is 6.61 Å². The fraction of sp³-hybridized carbons (Fsp3) is 0.276. The number of aryl methyl sites for hydroxylation is 1. The molecule has 0 fully saturated rings. The Bertz CT molecular complexity index is 1520. The van der Waals surface area contributed by atoms with Crippen molar-refractivity contribution in [1.29, 1.82) is 0 Å². The largest absolute Gasteiger partial charge is 0.490 e. The summed E-state index contributed by atoms with van der Waals surface area (Å²) in [6.45, 7) is 8.83. The molecular formula is C29H29BrClN3O3. The molecule has 0 spiro atoms. The molecule has 4 aromatic rings. The molecule has 0 saturated carbocycles. The monoisotopic (exact) mass is 581 g/mol. The van der Waals surface area contributed by atoms with Crippen LogP contribution in [0.5, 0.6) is 11.5 Å². The van der Waals surface area contributed by atoms with Crippen LogP contribution in [0.3, 0.4) is 0 Å². The summed E-state index contributed by atoms with van der Waals surface area (Å²) in [5.74, 6) is 1.63. The van der Waals surface area contributed by atoms with Gasteiger partial charge in [-0.2, -0.15) is 9.78 Å². The molecule has 0 aliphatic rings. The first kappa shape index (κ1) is 26.9. The average Bonchev–Trinajstić information content (AvgIpc) is 2.87. The van der Waals surface area contributed by atoms with Crippen molar-refractivity contribution in [3.63, 3.8) is 0 Å². The molecule has 4 rings (SSSR count). The van der Waals surface area contributed by atoms with E-state index in [1.807, 2.05) is 57.2 Å². The van der Waals surface area contributed by atoms with Gasteiger partial charge in [-0.3, -0.25) is 4.79 Å².